The van der Waals surface area contributed by atoms with Gasteiger partial charge in [0, 0.05) is 55.3 Å². The third kappa shape index (κ3) is 3.12. The molecule has 4 rings (SSSR count). The monoisotopic (exact) mass is 346 g/mol. The molecule has 3 aromatic rings. The summed E-state index contributed by atoms with van der Waals surface area (Å²) >= 11 is 0. The van der Waals surface area contributed by atoms with Gasteiger partial charge in [-0.3, -0.25) is 14.8 Å². The van der Waals surface area contributed by atoms with Crippen LogP contribution in [0.1, 0.15) is 21.6 Å². The predicted molar refractivity (Wildman–Crippen MR) is 104 cm³/mol. The molecule has 26 heavy (non-hydrogen) atoms. The molecule has 0 saturated carbocycles. The minimum absolute atomic E-state index is 0.0977. The van der Waals surface area contributed by atoms with Crippen LogP contribution in [0.15, 0.2) is 48.8 Å². The second kappa shape index (κ2) is 6.75. The number of anilines is 1. The zero-order valence-electron chi connectivity index (χ0n) is 15.1. The molecule has 3 heterocycles. The van der Waals surface area contributed by atoms with E-state index in [0.717, 1.165) is 59.6 Å². The first kappa shape index (κ1) is 16.5. The van der Waals surface area contributed by atoms with Crippen molar-refractivity contribution in [3.63, 3.8) is 0 Å². The summed E-state index contributed by atoms with van der Waals surface area (Å²) < 4.78 is 0. The lowest BCUT2D eigenvalue weighted by Gasteiger charge is -2.36. The van der Waals surface area contributed by atoms with Gasteiger partial charge in [0.1, 0.15) is 0 Å². The molecule has 5 heteroatoms. The highest BCUT2D eigenvalue weighted by molar-refractivity contribution is 6.06. The predicted octanol–water partition coefficient (Wildman–Crippen LogP) is 3.21. The number of benzene rings is 1. The van der Waals surface area contributed by atoms with Crippen LogP contribution in [-0.2, 0) is 0 Å². The lowest BCUT2D eigenvalue weighted by molar-refractivity contribution is 0.0748. The number of aryl methyl sites for hydroxylation is 2. The van der Waals surface area contributed by atoms with Gasteiger partial charge in [-0.2, -0.15) is 0 Å². The molecule has 0 bridgehead atoms. The number of nitrogens with zero attached hydrogens (tertiary/aromatic N) is 4. The van der Waals surface area contributed by atoms with Crippen molar-refractivity contribution in [1.82, 2.24) is 14.9 Å². The van der Waals surface area contributed by atoms with Crippen LogP contribution in [0.3, 0.4) is 0 Å². The van der Waals surface area contributed by atoms with Gasteiger partial charge in [0.05, 0.1) is 11.1 Å². The highest BCUT2D eigenvalue weighted by Gasteiger charge is 2.24. The number of pyridine rings is 2. The Morgan fingerprint density at radius 2 is 1.69 bits per heavy atom. The molecule has 0 radical (unpaired) electrons. The van der Waals surface area contributed by atoms with Gasteiger partial charge in [0.2, 0.25) is 0 Å². The zero-order valence-corrected chi connectivity index (χ0v) is 15.1. The Balaban J connectivity index is 1.57. The largest absolute Gasteiger partial charge is 0.368 e. The summed E-state index contributed by atoms with van der Waals surface area (Å²) in [5, 5.41) is 0.942. The maximum atomic E-state index is 13.2. The topological polar surface area (TPSA) is 49.3 Å². The van der Waals surface area contributed by atoms with Gasteiger partial charge < -0.3 is 9.80 Å². The number of amides is 1. The molecular formula is C21H22N4O. The van der Waals surface area contributed by atoms with Crippen molar-refractivity contribution in [3.8, 4) is 0 Å². The van der Waals surface area contributed by atoms with Gasteiger partial charge in [-0.05, 0) is 44.2 Å². The number of fused-ring (bicyclic) bond motifs is 1. The van der Waals surface area contributed by atoms with Crippen LogP contribution in [0.4, 0.5) is 5.69 Å². The maximum Gasteiger partial charge on any atom is 0.254 e. The molecule has 1 amide bonds. The van der Waals surface area contributed by atoms with E-state index in [2.05, 4.69) is 20.9 Å². The second-order valence-electron chi connectivity index (χ2n) is 6.82. The fraction of sp³-hybridized carbons (Fsp3) is 0.286. The molecule has 2 aromatic heterocycles. The summed E-state index contributed by atoms with van der Waals surface area (Å²) in [4.78, 5) is 26.1. The second-order valence-corrected chi connectivity index (χ2v) is 6.82. The van der Waals surface area contributed by atoms with Crippen LogP contribution in [-0.4, -0.2) is 47.0 Å². The molecule has 0 atom stereocenters. The Kier molecular flexibility index (Phi) is 4.29. The van der Waals surface area contributed by atoms with E-state index in [1.165, 1.54) is 0 Å². The van der Waals surface area contributed by atoms with Crippen molar-refractivity contribution in [1.29, 1.82) is 0 Å². The summed E-state index contributed by atoms with van der Waals surface area (Å²) in [6.07, 6.45) is 3.61. The van der Waals surface area contributed by atoms with Gasteiger partial charge in [0.25, 0.3) is 5.91 Å². The van der Waals surface area contributed by atoms with E-state index >= 15 is 0 Å². The van der Waals surface area contributed by atoms with E-state index in [0.29, 0.717) is 0 Å². The molecule has 1 aromatic carbocycles. The standard InChI is InChI=1S/C21H22N4O/c1-15-3-4-20-18(13-15)19(14-16(2)23-20)21(26)25-11-9-24(10-12-25)17-5-7-22-8-6-17/h3-8,13-14H,9-12H2,1-2H3. The van der Waals surface area contributed by atoms with Crippen LogP contribution in [0, 0.1) is 13.8 Å². The number of hydrogen-bond acceptors (Lipinski definition) is 4. The normalized spacial score (nSPS) is 14.7. The SMILES string of the molecule is Cc1ccc2nc(C)cc(C(=O)N3CCN(c4ccncc4)CC3)c2c1. The van der Waals surface area contributed by atoms with Crippen molar-refractivity contribution in [2.45, 2.75) is 13.8 Å². The number of rotatable bonds is 2. The van der Waals surface area contributed by atoms with Gasteiger partial charge in [-0.15, -0.1) is 0 Å². The average molecular weight is 346 g/mol. The van der Waals surface area contributed by atoms with Crippen LogP contribution < -0.4 is 4.90 Å². The smallest absolute Gasteiger partial charge is 0.254 e. The summed E-state index contributed by atoms with van der Waals surface area (Å²) in [6, 6.07) is 12.0. The summed E-state index contributed by atoms with van der Waals surface area (Å²) in [6.45, 7) is 7.08. The highest BCUT2D eigenvalue weighted by atomic mass is 16.2. The fourth-order valence-electron chi connectivity index (χ4n) is 3.54. The number of piperazine rings is 1. The molecule has 1 aliphatic rings. The number of aromatic nitrogens is 2. The van der Waals surface area contributed by atoms with Crippen molar-refractivity contribution in [2.75, 3.05) is 31.1 Å². The Morgan fingerprint density at radius 1 is 0.962 bits per heavy atom. The minimum Gasteiger partial charge on any atom is -0.368 e. The van der Waals surface area contributed by atoms with Crippen LogP contribution >= 0.6 is 0 Å². The lowest BCUT2D eigenvalue weighted by atomic mass is 10.0. The van der Waals surface area contributed by atoms with Crippen molar-refractivity contribution < 1.29 is 4.79 Å². The van der Waals surface area contributed by atoms with E-state index in [1.807, 2.05) is 49.1 Å². The van der Waals surface area contributed by atoms with Gasteiger partial charge >= 0.3 is 0 Å². The molecule has 0 aliphatic carbocycles. The third-order valence-corrected chi connectivity index (χ3v) is 4.92. The average Bonchev–Trinajstić information content (AvgIpc) is 2.68. The molecular weight excluding hydrogens is 324 g/mol. The lowest BCUT2D eigenvalue weighted by Crippen LogP contribution is -2.48. The summed E-state index contributed by atoms with van der Waals surface area (Å²) in [5.41, 5.74) is 4.82. The van der Waals surface area contributed by atoms with Crippen LogP contribution in [0.25, 0.3) is 10.9 Å². The van der Waals surface area contributed by atoms with Crippen LogP contribution in [0.2, 0.25) is 0 Å². The van der Waals surface area contributed by atoms with E-state index in [4.69, 9.17) is 0 Å². The molecule has 1 saturated heterocycles. The minimum atomic E-state index is 0.0977. The number of carbonyl (C=O) groups is 1. The maximum absolute atomic E-state index is 13.2. The summed E-state index contributed by atoms with van der Waals surface area (Å²) in [5.74, 6) is 0.0977. The summed E-state index contributed by atoms with van der Waals surface area (Å²) in [7, 11) is 0. The third-order valence-electron chi connectivity index (χ3n) is 4.92. The van der Waals surface area contributed by atoms with Gasteiger partial charge in [0.15, 0.2) is 0 Å². The van der Waals surface area contributed by atoms with E-state index in [9.17, 15) is 4.79 Å². The van der Waals surface area contributed by atoms with Gasteiger partial charge in [-0.25, -0.2) is 0 Å². The molecule has 1 aliphatic heterocycles. The molecule has 132 valence electrons. The fourth-order valence-corrected chi connectivity index (χ4v) is 3.54. The molecule has 1 fully saturated rings. The Morgan fingerprint density at radius 3 is 2.42 bits per heavy atom. The molecule has 5 nitrogen and oxygen atoms in total. The molecule has 0 N–H and O–H groups in total. The first-order valence-corrected chi connectivity index (χ1v) is 8.94. The Bertz CT molecular complexity index is 947. The quantitative estimate of drug-likeness (QED) is 0.715. The van der Waals surface area contributed by atoms with E-state index in [-0.39, 0.29) is 5.91 Å². The highest BCUT2D eigenvalue weighted by Crippen LogP contribution is 2.23. The first-order chi connectivity index (χ1) is 12.6. The Labute approximate surface area is 153 Å². The molecule has 0 spiro atoms. The Hall–Kier alpha value is -2.95. The van der Waals surface area contributed by atoms with E-state index in [1.54, 1.807) is 12.4 Å². The zero-order chi connectivity index (χ0) is 18.1. The number of hydrogen-bond donors (Lipinski definition) is 0. The van der Waals surface area contributed by atoms with Crippen LogP contribution in [0.5, 0.6) is 0 Å². The first-order valence-electron chi connectivity index (χ1n) is 8.94. The van der Waals surface area contributed by atoms with E-state index < -0.39 is 0 Å². The van der Waals surface area contributed by atoms with Crippen molar-refractivity contribution in [3.05, 3.63) is 65.6 Å². The van der Waals surface area contributed by atoms with Crippen molar-refractivity contribution in [2.24, 2.45) is 0 Å². The van der Waals surface area contributed by atoms with Gasteiger partial charge in [-0.1, -0.05) is 11.6 Å². The van der Waals surface area contributed by atoms with Crippen molar-refractivity contribution >= 4 is 22.5 Å². The molecule has 0 unspecified atom stereocenters. The number of carbonyl (C=O) groups excluding carboxylic acids is 1.